The molecular formula is C22H23N3O5S. The van der Waals surface area contributed by atoms with Crippen molar-refractivity contribution >= 4 is 27.5 Å². The Hall–Kier alpha value is -3.59. The highest BCUT2D eigenvalue weighted by atomic mass is 32.2. The van der Waals surface area contributed by atoms with Crippen LogP contribution >= 0.6 is 0 Å². The molecule has 3 aromatic rings. The molecule has 1 aromatic heterocycles. The molecule has 0 saturated carbocycles. The number of furan rings is 1. The zero-order valence-corrected chi connectivity index (χ0v) is 18.0. The Balaban J connectivity index is 1.63. The van der Waals surface area contributed by atoms with Gasteiger partial charge in [0, 0.05) is 24.3 Å². The summed E-state index contributed by atoms with van der Waals surface area (Å²) < 4.78 is 33.2. The topological polar surface area (TPSA) is 118 Å². The van der Waals surface area contributed by atoms with Gasteiger partial charge in [-0.3, -0.25) is 14.3 Å². The number of sulfonamides is 1. The van der Waals surface area contributed by atoms with Gasteiger partial charge in [-0.05, 0) is 55.8 Å². The second kappa shape index (κ2) is 9.48. The van der Waals surface area contributed by atoms with E-state index in [9.17, 15) is 18.0 Å². The molecule has 3 rings (SSSR count). The van der Waals surface area contributed by atoms with Gasteiger partial charge < -0.3 is 15.1 Å². The van der Waals surface area contributed by atoms with Crippen LogP contribution in [0.25, 0.3) is 0 Å². The molecule has 0 saturated heterocycles. The fourth-order valence-corrected chi connectivity index (χ4v) is 4.14. The third kappa shape index (κ3) is 5.73. The molecule has 162 valence electrons. The maximum atomic E-state index is 12.8. The molecule has 3 N–H and O–H groups in total. The Bertz CT molecular complexity index is 1170. The summed E-state index contributed by atoms with van der Waals surface area (Å²) in [6.07, 6.45) is 1.40. The molecule has 0 aliphatic rings. The molecular weight excluding hydrogens is 418 g/mol. The molecule has 1 heterocycles. The van der Waals surface area contributed by atoms with Crippen LogP contribution in [0.3, 0.4) is 0 Å². The van der Waals surface area contributed by atoms with Gasteiger partial charge in [0.25, 0.3) is 21.8 Å². The predicted molar refractivity (Wildman–Crippen MR) is 117 cm³/mol. The van der Waals surface area contributed by atoms with Gasteiger partial charge in [0.1, 0.15) is 0 Å². The van der Waals surface area contributed by atoms with Crippen LogP contribution in [0.4, 0.5) is 5.69 Å². The minimum Gasteiger partial charge on any atom is -0.459 e. The molecule has 2 aromatic carbocycles. The lowest BCUT2D eigenvalue weighted by atomic mass is 10.1. The first-order valence-electron chi connectivity index (χ1n) is 9.56. The smallest absolute Gasteiger partial charge is 0.287 e. The van der Waals surface area contributed by atoms with E-state index in [1.54, 1.807) is 49.4 Å². The summed E-state index contributed by atoms with van der Waals surface area (Å²) in [5, 5.41) is 5.27. The third-order valence-electron chi connectivity index (χ3n) is 4.48. The second-order valence-corrected chi connectivity index (χ2v) is 8.59. The summed E-state index contributed by atoms with van der Waals surface area (Å²) in [5.74, 6) is -0.648. The van der Waals surface area contributed by atoms with Crippen molar-refractivity contribution in [2.75, 3.05) is 17.8 Å². The number of rotatable bonds is 8. The highest BCUT2D eigenvalue weighted by Crippen LogP contribution is 2.21. The average molecular weight is 442 g/mol. The van der Waals surface area contributed by atoms with Crippen molar-refractivity contribution < 1.29 is 22.4 Å². The minimum atomic E-state index is -3.87. The zero-order chi connectivity index (χ0) is 22.4. The van der Waals surface area contributed by atoms with E-state index in [1.807, 2.05) is 6.92 Å². The lowest BCUT2D eigenvalue weighted by Crippen LogP contribution is -2.34. The highest BCUT2D eigenvalue weighted by molar-refractivity contribution is 7.92. The average Bonchev–Trinajstić information content (AvgIpc) is 3.27. The Morgan fingerprint density at radius 3 is 2.23 bits per heavy atom. The summed E-state index contributed by atoms with van der Waals surface area (Å²) >= 11 is 0. The normalized spacial score (nSPS) is 11.0. The molecule has 0 spiro atoms. The van der Waals surface area contributed by atoms with Crippen molar-refractivity contribution in [1.82, 2.24) is 10.6 Å². The third-order valence-corrected chi connectivity index (χ3v) is 6.01. The fourth-order valence-electron chi connectivity index (χ4n) is 2.81. The van der Waals surface area contributed by atoms with E-state index < -0.39 is 15.9 Å². The number of amides is 2. The Kier molecular flexibility index (Phi) is 6.76. The van der Waals surface area contributed by atoms with Gasteiger partial charge in [0.15, 0.2) is 5.76 Å². The lowest BCUT2D eigenvalue weighted by molar-refractivity contribution is 0.0910. The fraction of sp³-hybridized carbons (Fsp3) is 0.182. The summed E-state index contributed by atoms with van der Waals surface area (Å²) in [7, 11) is -3.87. The van der Waals surface area contributed by atoms with E-state index in [0.717, 1.165) is 5.56 Å². The summed E-state index contributed by atoms with van der Waals surface area (Å²) in [6, 6.07) is 14.6. The minimum absolute atomic E-state index is 0.0202. The van der Waals surface area contributed by atoms with Gasteiger partial charge in [-0.1, -0.05) is 23.8 Å². The standard InChI is InChI=1S/C22H23N3O5S/c1-15-5-9-18(10-6-15)25-31(28,29)20-14-17(8-7-16(20)2)21(26)23-11-12-24-22(27)19-4-3-13-30-19/h3-10,13-14,25H,11-12H2,1-2H3,(H,23,26)(H,24,27). The number of carbonyl (C=O) groups excluding carboxylic acids is 2. The maximum Gasteiger partial charge on any atom is 0.287 e. The van der Waals surface area contributed by atoms with Crippen molar-refractivity contribution in [3.05, 3.63) is 83.3 Å². The van der Waals surface area contributed by atoms with Crippen molar-refractivity contribution in [2.24, 2.45) is 0 Å². The van der Waals surface area contributed by atoms with E-state index in [1.165, 1.54) is 18.4 Å². The number of carbonyl (C=O) groups is 2. The van der Waals surface area contributed by atoms with Crippen LogP contribution in [0.2, 0.25) is 0 Å². The molecule has 0 aliphatic heterocycles. The van der Waals surface area contributed by atoms with Gasteiger partial charge >= 0.3 is 0 Å². The summed E-state index contributed by atoms with van der Waals surface area (Å²) in [5.41, 5.74) is 2.17. The molecule has 0 bridgehead atoms. The molecule has 2 amide bonds. The van der Waals surface area contributed by atoms with Crippen molar-refractivity contribution in [1.29, 1.82) is 0 Å². The first kappa shape index (κ1) is 22.1. The summed E-state index contributed by atoms with van der Waals surface area (Å²) in [6.45, 7) is 3.93. The van der Waals surface area contributed by atoms with Crippen LogP contribution in [-0.4, -0.2) is 33.3 Å². The first-order chi connectivity index (χ1) is 14.8. The van der Waals surface area contributed by atoms with Crippen molar-refractivity contribution in [3.63, 3.8) is 0 Å². The number of hydrogen-bond acceptors (Lipinski definition) is 5. The van der Waals surface area contributed by atoms with E-state index in [4.69, 9.17) is 4.42 Å². The Morgan fingerprint density at radius 1 is 0.903 bits per heavy atom. The molecule has 0 unspecified atom stereocenters. The van der Waals surface area contributed by atoms with Crippen LogP contribution < -0.4 is 15.4 Å². The highest BCUT2D eigenvalue weighted by Gasteiger charge is 2.19. The SMILES string of the molecule is Cc1ccc(NS(=O)(=O)c2cc(C(=O)NCCNC(=O)c3ccco3)ccc2C)cc1. The number of benzene rings is 2. The van der Waals surface area contributed by atoms with E-state index in [-0.39, 0.29) is 35.2 Å². The number of hydrogen-bond donors (Lipinski definition) is 3. The second-order valence-electron chi connectivity index (χ2n) is 6.94. The van der Waals surface area contributed by atoms with Crippen LogP contribution in [0.15, 0.2) is 70.2 Å². The molecule has 0 aliphatic carbocycles. The van der Waals surface area contributed by atoms with E-state index in [2.05, 4.69) is 15.4 Å². The van der Waals surface area contributed by atoms with E-state index >= 15 is 0 Å². The van der Waals surface area contributed by atoms with Crippen LogP contribution in [0, 0.1) is 13.8 Å². The predicted octanol–water partition coefficient (Wildman–Crippen LogP) is 2.86. The first-order valence-corrected chi connectivity index (χ1v) is 11.0. The molecule has 0 fully saturated rings. The summed E-state index contributed by atoms with van der Waals surface area (Å²) in [4.78, 5) is 24.3. The van der Waals surface area contributed by atoms with Gasteiger partial charge in [-0.2, -0.15) is 0 Å². The zero-order valence-electron chi connectivity index (χ0n) is 17.1. The lowest BCUT2D eigenvalue weighted by Gasteiger charge is -2.12. The monoisotopic (exact) mass is 441 g/mol. The number of nitrogens with one attached hydrogen (secondary N) is 3. The molecule has 0 atom stereocenters. The molecule has 0 radical (unpaired) electrons. The number of anilines is 1. The Labute approximate surface area is 180 Å². The van der Waals surface area contributed by atoms with Crippen LogP contribution in [-0.2, 0) is 10.0 Å². The van der Waals surface area contributed by atoms with E-state index in [0.29, 0.717) is 11.3 Å². The van der Waals surface area contributed by atoms with Gasteiger partial charge in [-0.15, -0.1) is 0 Å². The van der Waals surface area contributed by atoms with Crippen molar-refractivity contribution in [2.45, 2.75) is 18.7 Å². The Morgan fingerprint density at radius 2 is 1.58 bits per heavy atom. The van der Waals surface area contributed by atoms with Crippen LogP contribution in [0.5, 0.6) is 0 Å². The molecule has 8 nitrogen and oxygen atoms in total. The largest absolute Gasteiger partial charge is 0.459 e. The molecule has 31 heavy (non-hydrogen) atoms. The van der Waals surface area contributed by atoms with Gasteiger partial charge in [0.05, 0.1) is 11.2 Å². The van der Waals surface area contributed by atoms with Crippen LogP contribution in [0.1, 0.15) is 32.0 Å². The molecule has 9 heteroatoms. The number of aryl methyl sites for hydroxylation is 2. The van der Waals surface area contributed by atoms with Gasteiger partial charge in [0.2, 0.25) is 0 Å². The quantitative estimate of drug-likeness (QED) is 0.465. The van der Waals surface area contributed by atoms with Gasteiger partial charge in [-0.25, -0.2) is 8.42 Å². The maximum absolute atomic E-state index is 12.8. The van der Waals surface area contributed by atoms with Crippen molar-refractivity contribution in [3.8, 4) is 0 Å².